The van der Waals surface area contributed by atoms with Crippen molar-refractivity contribution in [3.05, 3.63) is 35.4 Å². The van der Waals surface area contributed by atoms with Crippen molar-refractivity contribution in [3.8, 4) is 0 Å². The molecule has 1 aromatic rings. The molecule has 0 spiro atoms. The Morgan fingerprint density at radius 1 is 1.36 bits per heavy atom. The van der Waals surface area contributed by atoms with Crippen LogP contribution in [0, 0.1) is 12.8 Å². The number of aliphatic hydroxyl groups is 1. The van der Waals surface area contributed by atoms with Gasteiger partial charge in [-0.15, -0.1) is 0 Å². The lowest BCUT2D eigenvalue weighted by Gasteiger charge is -2.28. The highest BCUT2D eigenvalue weighted by molar-refractivity contribution is 5.68. The van der Waals surface area contributed by atoms with Crippen LogP contribution in [0.1, 0.15) is 44.7 Å². The molecule has 1 heterocycles. The van der Waals surface area contributed by atoms with E-state index >= 15 is 0 Å². The van der Waals surface area contributed by atoms with E-state index in [-0.39, 0.29) is 12.0 Å². The molecule has 1 amide bonds. The Bertz CT molecular complexity index is 568. The van der Waals surface area contributed by atoms with Gasteiger partial charge in [0.15, 0.2) is 0 Å². The zero-order valence-electron chi connectivity index (χ0n) is 15.9. The van der Waals surface area contributed by atoms with Gasteiger partial charge in [-0.05, 0) is 57.6 Å². The summed E-state index contributed by atoms with van der Waals surface area (Å²) in [7, 11) is 0. The highest BCUT2D eigenvalue weighted by atomic mass is 16.6. The molecular formula is C20H32N2O3. The molecule has 0 saturated carbocycles. The van der Waals surface area contributed by atoms with Gasteiger partial charge in [0.25, 0.3) is 0 Å². The number of hydrogen-bond donors (Lipinski definition) is 2. The van der Waals surface area contributed by atoms with Crippen LogP contribution in [-0.4, -0.2) is 47.4 Å². The number of carbonyl (C=O) groups is 1. The molecule has 1 aliphatic heterocycles. The van der Waals surface area contributed by atoms with E-state index in [0.717, 1.165) is 25.9 Å². The Labute approximate surface area is 151 Å². The predicted molar refractivity (Wildman–Crippen MR) is 99.4 cm³/mol. The van der Waals surface area contributed by atoms with Gasteiger partial charge in [0.1, 0.15) is 5.60 Å². The number of rotatable bonds is 4. The Morgan fingerprint density at radius 3 is 2.76 bits per heavy atom. The normalized spacial score (nSPS) is 21.7. The molecule has 1 aliphatic rings. The lowest BCUT2D eigenvalue weighted by molar-refractivity contribution is 0.0132. The quantitative estimate of drug-likeness (QED) is 0.878. The molecule has 0 bridgehead atoms. The van der Waals surface area contributed by atoms with Crippen molar-refractivity contribution in [2.24, 2.45) is 5.92 Å². The maximum Gasteiger partial charge on any atom is 0.410 e. The SMILES string of the molecule is Cc1ccccc1CNC[C@@H]1CCCN(C(=O)OC(C)(C)C)C[C@H]1O. The van der Waals surface area contributed by atoms with E-state index in [9.17, 15) is 9.90 Å². The number of ether oxygens (including phenoxy) is 1. The highest BCUT2D eigenvalue weighted by Crippen LogP contribution is 2.20. The smallest absolute Gasteiger partial charge is 0.410 e. The second-order valence-electron chi connectivity index (χ2n) is 7.95. The fourth-order valence-electron chi connectivity index (χ4n) is 3.13. The maximum absolute atomic E-state index is 12.2. The highest BCUT2D eigenvalue weighted by Gasteiger charge is 2.30. The zero-order valence-corrected chi connectivity index (χ0v) is 15.9. The van der Waals surface area contributed by atoms with E-state index in [1.54, 1.807) is 4.90 Å². The maximum atomic E-state index is 12.2. The third kappa shape index (κ3) is 6.33. The largest absolute Gasteiger partial charge is 0.444 e. The van der Waals surface area contributed by atoms with Crippen molar-refractivity contribution in [1.29, 1.82) is 0 Å². The summed E-state index contributed by atoms with van der Waals surface area (Å²) in [5, 5.41) is 14.0. The van der Waals surface area contributed by atoms with E-state index < -0.39 is 11.7 Å². The first-order chi connectivity index (χ1) is 11.8. The van der Waals surface area contributed by atoms with Gasteiger partial charge in [0, 0.05) is 19.6 Å². The topological polar surface area (TPSA) is 61.8 Å². The Kier molecular flexibility index (Phi) is 6.85. The summed E-state index contributed by atoms with van der Waals surface area (Å²) >= 11 is 0. The molecule has 0 aromatic heterocycles. The molecule has 0 radical (unpaired) electrons. The summed E-state index contributed by atoms with van der Waals surface area (Å²) in [6.07, 6.45) is 0.924. The van der Waals surface area contributed by atoms with Crippen molar-refractivity contribution in [2.75, 3.05) is 19.6 Å². The molecule has 0 unspecified atom stereocenters. The van der Waals surface area contributed by atoms with Gasteiger partial charge >= 0.3 is 6.09 Å². The van der Waals surface area contributed by atoms with Crippen LogP contribution in [-0.2, 0) is 11.3 Å². The Hall–Kier alpha value is -1.59. The van der Waals surface area contributed by atoms with Crippen LogP contribution in [0.15, 0.2) is 24.3 Å². The van der Waals surface area contributed by atoms with Crippen LogP contribution in [0.25, 0.3) is 0 Å². The van der Waals surface area contributed by atoms with Crippen molar-refractivity contribution in [3.63, 3.8) is 0 Å². The van der Waals surface area contributed by atoms with Gasteiger partial charge in [0.2, 0.25) is 0 Å². The number of likely N-dealkylation sites (tertiary alicyclic amines) is 1. The van der Waals surface area contributed by atoms with Gasteiger partial charge in [-0.25, -0.2) is 4.79 Å². The number of nitrogens with one attached hydrogen (secondary N) is 1. The number of aryl methyl sites for hydroxylation is 1. The first-order valence-electron chi connectivity index (χ1n) is 9.17. The minimum atomic E-state index is -0.528. The third-order valence-electron chi connectivity index (χ3n) is 4.59. The molecule has 2 atom stereocenters. The summed E-state index contributed by atoms with van der Waals surface area (Å²) in [6, 6.07) is 8.31. The van der Waals surface area contributed by atoms with E-state index in [2.05, 4.69) is 24.4 Å². The number of β-amino-alcohol motifs (C(OH)–C–C–N with tert-alkyl or cyclic N) is 1. The summed E-state index contributed by atoms with van der Waals surface area (Å²) < 4.78 is 5.43. The van der Waals surface area contributed by atoms with Crippen LogP contribution >= 0.6 is 0 Å². The fraction of sp³-hybridized carbons (Fsp3) is 0.650. The second kappa shape index (κ2) is 8.68. The van der Waals surface area contributed by atoms with Gasteiger partial charge in [0.05, 0.1) is 12.6 Å². The van der Waals surface area contributed by atoms with Crippen molar-refractivity contribution in [1.82, 2.24) is 10.2 Å². The van der Waals surface area contributed by atoms with E-state index in [4.69, 9.17) is 4.74 Å². The number of hydrogen-bond acceptors (Lipinski definition) is 4. The van der Waals surface area contributed by atoms with Crippen LogP contribution in [0.3, 0.4) is 0 Å². The number of amides is 1. The lowest BCUT2D eigenvalue weighted by Crippen LogP contribution is -2.42. The van der Waals surface area contributed by atoms with Gasteiger partial charge in [-0.1, -0.05) is 24.3 Å². The summed E-state index contributed by atoms with van der Waals surface area (Å²) in [6.45, 7) is 10.2. The average Bonchev–Trinajstić information content (AvgIpc) is 2.70. The van der Waals surface area contributed by atoms with Gasteiger partial charge in [-0.2, -0.15) is 0 Å². The molecule has 1 aromatic carbocycles. The van der Waals surface area contributed by atoms with Crippen LogP contribution in [0.2, 0.25) is 0 Å². The van der Waals surface area contributed by atoms with Crippen molar-refractivity contribution < 1.29 is 14.6 Å². The summed E-state index contributed by atoms with van der Waals surface area (Å²) in [4.78, 5) is 13.9. The van der Waals surface area contributed by atoms with E-state index in [0.29, 0.717) is 13.1 Å². The number of carbonyl (C=O) groups excluding carboxylic acids is 1. The molecule has 2 N–H and O–H groups in total. The number of aliphatic hydroxyl groups excluding tert-OH is 1. The minimum absolute atomic E-state index is 0.149. The van der Waals surface area contributed by atoms with Crippen LogP contribution < -0.4 is 5.32 Å². The second-order valence-corrected chi connectivity index (χ2v) is 7.95. The van der Waals surface area contributed by atoms with Crippen LogP contribution in [0.4, 0.5) is 4.79 Å². The number of nitrogens with zero attached hydrogens (tertiary/aromatic N) is 1. The molecular weight excluding hydrogens is 316 g/mol. The zero-order chi connectivity index (χ0) is 18.4. The molecule has 0 aliphatic carbocycles. The first kappa shape index (κ1) is 19.7. The minimum Gasteiger partial charge on any atom is -0.444 e. The monoisotopic (exact) mass is 348 g/mol. The fourth-order valence-corrected chi connectivity index (χ4v) is 3.13. The molecule has 1 saturated heterocycles. The van der Waals surface area contributed by atoms with E-state index in [1.165, 1.54) is 11.1 Å². The Morgan fingerprint density at radius 2 is 2.08 bits per heavy atom. The lowest BCUT2D eigenvalue weighted by atomic mass is 9.98. The molecule has 2 rings (SSSR count). The molecule has 5 heteroatoms. The van der Waals surface area contributed by atoms with Gasteiger partial charge < -0.3 is 20.1 Å². The molecule has 25 heavy (non-hydrogen) atoms. The Balaban J connectivity index is 1.83. The van der Waals surface area contributed by atoms with Crippen molar-refractivity contribution >= 4 is 6.09 Å². The summed E-state index contributed by atoms with van der Waals surface area (Å²) in [5.74, 6) is 0.149. The molecule has 140 valence electrons. The molecule has 5 nitrogen and oxygen atoms in total. The van der Waals surface area contributed by atoms with E-state index in [1.807, 2.05) is 32.9 Å². The van der Waals surface area contributed by atoms with Crippen molar-refractivity contribution in [2.45, 2.75) is 58.8 Å². The standard InChI is InChI=1S/C20H32N2O3/c1-15-8-5-6-9-16(15)12-21-13-17-10-7-11-22(14-18(17)23)19(24)25-20(2,3)4/h5-6,8-9,17-18,21,23H,7,10-14H2,1-4H3/t17-,18+/m0/s1. The molecule has 1 fully saturated rings. The third-order valence-corrected chi connectivity index (χ3v) is 4.59. The van der Waals surface area contributed by atoms with Crippen LogP contribution in [0.5, 0.6) is 0 Å². The van der Waals surface area contributed by atoms with Gasteiger partial charge in [-0.3, -0.25) is 0 Å². The summed E-state index contributed by atoms with van der Waals surface area (Å²) in [5.41, 5.74) is 2.04. The predicted octanol–water partition coefficient (Wildman–Crippen LogP) is 3.09. The number of benzene rings is 1. The average molecular weight is 348 g/mol. The first-order valence-corrected chi connectivity index (χ1v) is 9.17.